The number of carboxylic acids is 1. The predicted octanol–water partition coefficient (Wildman–Crippen LogP) is 2.50. The van der Waals surface area contributed by atoms with E-state index in [1.54, 1.807) is 30.8 Å². The Balaban J connectivity index is 2.31. The van der Waals surface area contributed by atoms with Crippen molar-refractivity contribution < 1.29 is 14.3 Å². The number of rotatable bonds is 4. The third kappa shape index (κ3) is 2.82. The van der Waals surface area contributed by atoms with Crippen LogP contribution in [0.3, 0.4) is 0 Å². The number of benzene rings is 1. The van der Waals surface area contributed by atoms with E-state index < -0.39 is 11.8 Å². The minimum atomic E-state index is -0.950. The number of pyridine rings is 1. The first-order valence-electron chi connectivity index (χ1n) is 7.86. The maximum atomic E-state index is 13.6. The zero-order chi connectivity index (χ0) is 18.3. The molecule has 6 nitrogen and oxygen atoms in total. The van der Waals surface area contributed by atoms with Crippen molar-refractivity contribution in [2.24, 2.45) is 7.05 Å². The number of aromatic nitrogens is 3. The maximum Gasteiger partial charge on any atom is 0.303 e. The molecule has 3 aromatic rings. The lowest BCUT2D eigenvalue weighted by molar-refractivity contribution is -0.136. The molecule has 3 rings (SSSR count). The largest absolute Gasteiger partial charge is 0.481 e. The molecule has 0 radical (unpaired) electrons. The van der Waals surface area contributed by atoms with Gasteiger partial charge in [-0.3, -0.25) is 14.2 Å². The number of hydrogen-bond donors (Lipinski definition) is 1. The zero-order valence-corrected chi connectivity index (χ0v) is 14.2. The number of carbonyl (C=O) groups is 1. The van der Waals surface area contributed by atoms with E-state index in [4.69, 9.17) is 5.11 Å². The third-order valence-electron chi connectivity index (χ3n) is 4.39. The van der Waals surface area contributed by atoms with Gasteiger partial charge in [0.05, 0.1) is 11.4 Å². The fourth-order valence-corrected chi connectivity index (χ4v) is 3.19. The highest BCUT2D eigenvalue weighted by atomic mass is 19.1. The van der Waals surface area contributed by atoms with Crippen molar-refractivity contribution >= 4 is 17.0 Å². The monoisotopic (exact) mass is 343 g/mol. The second-order valence-electron chi connectivity index (χ2n) is 6.04. The van der Waals surface area contributed by atoms with Crippen LogP contribution in [0.4, 0.5) is 4.39 Å². The Morgan fingerprint density at radius 2 is 2.04 bits per heavy atom. The molecule has 0 spiro atoms. The molecular weight excluding hydrogens is 325 g/mol. The number of carboxylic acid groups (broad SMARTS) is 1. The standard InChI is InChI=1S/C18H18FN3O3/c1-10-14(7-8-15(23)24)18(25)21(3)17-16(10)11(2)20-22(17)13-6-4-5-12(19)9-13/h4-6,9H,7-8H2,1-3H3,(H,23,24). The van der Waals surface area contributed by atoms with Crippen LogP contribution in [0, 0.1) is 19.7 Å². The van der Waals surface area contributed by atoms with Crippen LogP contribution in [0.1, 0.15) is 23.2 Å². The number of hydrogen-bond acceptors (Lipinski definition) is 3. The van der Waals surface area contributed by atoms with E-state index in [1.807, 2.05) is 6.92 Å². The van der Waals surface area contributed by atoms with Gasteiger partial charge in [-0.1, -0.05) is 6.07 Å². The molecule has 1 N–H and O–H groups in total. The van der Waals surface area contributed by atoms with Crippen molar-refractivity contribution in [3.05, 3.63) is 57.3 Å². The van der Waals surface area contributed by atoms with Crippen LogP contribution in [0.2, 0.25) is 0 Å². The first-order chi connectivity index (χ1) is 11.8. The lowest BCUT2D eigenvalue weighted by atomic mass is 10.0. The maximum absolute atomic E-state index is 13.6. The van der Waals surface area contributed by atoms with Crippen molar-refractivity contribution in [3.8, 4) is 5.69 Å². The van der Waals surface area contributed by atoms with E-state index >= 15 is 0 Å². The van der Waals surface area contributed by atoms with Crippen LogP contribution in [0.5, 0.6) is 0 Å². The fourth-order valence-electron chi connectivity index (χ4n) is 3.19. The highest BCUT2D eigenvalue weighted by Crippen LogP contribution is 2.26. The van der Waals surface area contributed by atoms with Crippen molar-refractivity contribution in [1.29, 1.82) is 0 Å². The number of aliphatic carboxylic acids is 1. The molecule has 7 heteroatoms. The lowest BCUT2D eigenvalue weighted by Gasteiger charge is -2.12. The van der Waals surface area contributed by atoms with E-state index in [-0.39, 0.29) is 18.4 Å². The van der Waals surface area contributed by atoms with Gasteiger partial charge in [-0.25, -0.2) is 9.07 Å². The normalized spacial score (nSPS) is 11.2. The fraction of sp³-hybridized carbons (Fsp3) is 0.278. The van der Waals surface area contributed by atoms with Gasteiger partial charge in [0.2, 0.25) is 0 Å². The van der Waals surface area contributed by atoms with Crippen molar-refractivity contribution in [2.75, 3.05) is 0 Å². The van der Waals surface area contributed by atoms with Crippen molar-refractivity contribution in [3.63, 3.8) is 0 Å². The molecule has 2 aromatic heterocycles. The average Bonchev–Trinajstić information content (AvgIpc) is 2.90. The molecule has 0 aliphatic rings. The quantitative estimate of drug-likeness (QED) is 0.789. The molecule has 1 aromatic carbocycles. The van der Waals surface area contributed by atoms with Gasteiger partial charge in [0.25, 0.3) is 5.56 Å². The first kappa shape index (κ1) is 16.9. The molecule has 0 aliphatic heterocycles. The summed E-state index contributed by atoms with van der Waals surface area (Å²) < 4.78 is 16.6. The van der Waals surface area contributed by atoms with Gasteiger partial charge in [0, 0.05) is 24.4 Å². The van der Waals surface area contributed by atoms with Gasteiger partial charge < -0.3 is 5.11 Å². The van der Waals surface area contributed by atoms with Crippen LogP contribution < -0.4 is 5.56 Å². The van der Waals surface area contributed by atoms with Crippen molar-refractivity contribution in [1.82, 2.24) is 14.3 Å². The Labute approximate surface area is 143 Å². The summed E-state index contributed by atoms with van der Waals surface area (Å²) in [5.41, 5.74) is 2.71. The topological polar surface area (TPSA) is 77.1 Å². The highest BCUT2D eigenvalue weighted by Gasteiger charge is 2.20. The van der Waals surface area contributed by atoms with Gasteiger partial charge in [-0.05, 0) is 44.0 Å². The van der Waals surface area contributed by atoms with Gasteiger partial charge in [0.1, 0.15) is 11.5 Å². The van der Waals surface area contributed by atoms with E-state index in [9.17, 15) is 14.0 Å². The molecule has 25 heavy (non-hydrogen) atoms. The van der Waals surface area contributed by atoms with Crippen LogP contribution in [-0.2, 0) is 18.3 Å². The highest BCUT2D eigenvalue weighted by molar-refractivity contribution is 5.85. The van der Waals surface area contributed by atoms with Crippen LogP contribution in [0.15, 0.2) is 29.1 Å². The smallest absolute Gasteiger partial charge is 0.303 e. The molecular formula is C18H18FN3O3. The minimum Gasteiger partial charge on any atom is -0.481 e. The average molecular weight is 343 g/mol. The second-order valence-corrected chi connectivity index (χ2v) is 6.04. The summed E-state index contributed by atoms with van der Waals surface area (Å²) in [6.45, 7) is 3.61. The van der Waals surface area contributed by atoms with E-state index in [0.717, 1.165) is 10.9 Å². The summed E-state index contributed by atoms with van der Waals surface area (Å²) in [4.78, 5) is 23.6. The number of nitrogens with zero attached hydrogens (tertiary/aromatic N) is 3. The van der Waals surface area contributed by atoms with Crippen molar-refractivity contribution in [2.45, 2.75) is 26.7 Å². The van der Waals surface area contributed by atoms with Crippen LogP contribution in [-0.4, -0.2) is 25.4 Å². The summed E-state index contributed by atoms with van der Waals surface area (Å²) in [5.74, 6) is -1.34. The SMILES string of the molecule is Cc1nn(-c2cccc(F)c2)c2c1c(C)c(CCC(=O)O)c(=O)n2C. The van der Waals surface area contributed by atoms with Crippen LogP contribution >= 0.6 is 0 Å². The minimum absolute atomic E-state index is 0.112. The number of halogens is 1. The molecule has 0 unspecified atom stereocenters. The lowest BCUT2D eigenvalue weighted by Crippen LogP contribution is -2.25. The van der Waals surface area contributed by atoms with Gasteiger partial charge in [-0.2, -0.15) is 5.10 Å². The Morgan fingerprint density at radius 1 is 1.32 bits per heavy atom. The zero-order valence-electron chi connectivity index (χ0n) is 14.2. The number of aryl methyl sites for hydroxylation is 3. The number of fused-ring (bicyclic) bond motifs is 1. The summed E-state index contributed by atoms with van der Waals surface area (Å²) >= 11 is 0. The molecule has 2 heterocycles. The summed E-state index contributed by atoms with van der Waals surface area (Å²) in [6, 6.07) is 5.99. The summed E-state index contributed by atoms with van der Waals surface area (Å²) in [5, 5.41) is 14.2. The van der Waals surface area contributed by atoms with E-state index in [0.29, 0.717) is 22.6 Å². The van der Waals surface area contributed by atoms with E-state index in [1.165, 1.54) is 16.7 Å². The molecule has 0 saturated carbocycles. The molecule has 0 aliphatic carbocycles. The Kier molecular flexibility index (Phi) is 4.16. The summed E-state index contributed by atoms with van der Waals surface area (Å²) in [6.07, 6.45) is 0.0486. The Morgan fingerprint density at radius 3 is 2.68 bits per heavy atom. The molecule has 0 atom stereocenters. The van der Waals surface area contributed by atoms with Gasteiger partial charge >= 0.3 is 5.97 Å². The van der Waals surface area contributed by atoms with Gasteiger partial charge in [-0.15, -0.1) is 0 Å². The summed E-state index contributed by atoms with van der Waals surface area (Å²) in [7, 11) is 1.62. The van der Waals surface area contributed by atoms with Crippen LogP contribution in [0.25, 0.3) is 16.7 Å². The first-order valence-corrected chi connectivity index (χ1v) is 7.86. The van der Waals surface area contributed by atoms with Gasteiger partial charge in [0.15, 0.2) is 0 Å². The molecule has 0 fully saturated rings. The molecule has 130 valence electrons. The molecule has 0 bridgehead atoms. The third-order valence-corrected chi connectivity index (χ3v) is 4.39. The Bertz CT molecular complexity index is 1050. The molecule has 0 saturated heterocycles. The Hall–Kier alpha value is -2.96. The van der Waals surface area contributed by atoms with E-state index in [2.05, 4.69) is 5.10 Å². The predicted molar refractivity (Wildman–Crippen MR) is 91.7 cm³/mol. The second kappa shape index (κ2) is 6.16. The molecule has 0 amide bonds.